The van der Waals surface area contributed by atoms with Crippen LogP contribution in [0.5, 0.6) is 0 Å². The zero-order valence-electron chi connectivity index (χ0n) is 10.6. The number of nitrogens with zero attached hydrogens (tertiary/aromatic N) is 1. The number of likely N-dealkylation sites (N-methyl/N-ethyl adjacent to an activating group) is 1. The minimum Gasteiger partial charge on any atom is -0.676 e. The number of hydrogen-bond donors (Lipinski definition) is 0. The summed E-state index contributed by atoms with van der Waals surface area (Å²) in [7, 11) is 1.35. The first-order valence-corrected chi connectivity index (χ1v) is 5.55. The van der Waals surface area contributed by atoms with Crippen LogP contribution in [0.25, 0.3) is 5.73 Å². The van der Waals surface area contributed by atoms with Crippen molar-refractivity contribution in [2.24, 2.45) is 5.92 Å². The molecule has 0 bridgehead atoms. The van der Waals surface area contributed by atoms with Gasteiger partial charge in [-0.25, -0.2) is 0 Å². The average molecular weight is 454 g/mol. The van der Waals surface area contributed by atoms with Crippen LogP contribution in [0, 0.1) is 50.0 Å². The van der Waals surface area contributed by atoms with Gasteiger partial charge < -0.3 is 10.5 Å². The Balaban J connectivity index is 0.00000256. The molecule has 0 aromatic rings. The fourth-order valence-electron chi connectivity index (χ4n) is 2.51. The van der Waals surface area contributed by atoms with E-state index in [-0.39, 0.29) is 80.4 Å². The molecule has 1 aliphatic rings. The number of nitrogens with one attached hydrogen (secondary N) is 1. The van der Waals surface area contributed by atoms with Gasteiger partial charge in [0.25, 0.3) is 0 Å². The van der Waals surface area contributed by atoms with Crippen molar-refractivity contribution < 1.29 is 58.4 Å². The number of hydrogen-bond acceptors (Lipinski definition) is 4. The predicted molar refractivity (Wildman–Crippen MR) is 59.9 cm³/mol. The van der Waals surface area contributed by atoms with Crippen LogP contribution in [-0.2, 0) is 14.3 Å². The molecule has 1 rings (SSSR count). The molecule has 0 aliphatic carbocycles. The van der Waals surface area contributed by atoms with Crippen LogP contribution in [0.1, 0.15) is 20.3 Å². The van der Waals surface area contributed by atoms with Crippen molar-refractivity contribution in [1.82, 2.24) is 4.90 Å². The first kappa shape index (κ1) is 17.5. The van der Waals surface area contributed by atoms with E-state index in [1.807, 2.05) is 11.8 Å². The van der Waals surface area contributed by atoms with E-state index < -0.39 is 0 Å². The summed E-state index contributed by atoms with van der Waals surface area (Å²) < 4.78 is 4.73. The van der Waals surface area contributed by atoms with Crippen molar-refractivity contribution in [3.8, 4) is 0 Å². The predicted octanol–water partition coefficient (Wildman–Crippen LogP) is 0.880. The third-order valence-electron chi connectivity index (χ3n) is 3.32. The molecule has 1 saturated heterocycles. The summed E-state index contributed by atoms with van der Waals surface area (Å²) >= 11 is 0. The van der Waals surface area contributed by atoms with Gasteiger partial charge in [-0.15, -0.1) is 6.54 Å². The van der Waals surface area contributed by atoms with Crippen molar-refractivity contribution in [1.29, 1.82) is 0 Å². The molecule has 17 heavy (non-hydrogen) atoms. The van der Waals surface area contributed by atoms with Crippen molar-refractivity contribution in [3.05, 3.63) is 5.73 Å². The average Bonchev–Trinajstić information content (AvgIpc) is 2.66. The Morgan fingerprint density at radius 1 is 1.47 bits per heavy atom. The topological polar surface area (TPSA) is 70.4 Å². The van der Waals surface area contributed by atoms with Gasteiger partial charge in [0.05, 0.1) is 19.1 Å². The molecule has 0 spiro atoms. The number of Topliss-reactive ketones (excluding diaryl/α,β-unsaturated/α-hetero) is 1. The standard InChI is InChI=1S/C11H19N2O3.Ac/c1-4-13-9(7(2)14)5-8(10(13)6-12)11(15)16-3;/h8-10,12H,4-6H2,1-3H3;/q-1;/t8-,9-,10+;/m1./s1. The van der Waals surface area contributed by atoms with Crippen LogP contribution in [0.15, 0.2) is 0 Å². The molecule has 1 aliphatic heterocycles. The van der Waals surface area contributed by atoms with Gasteiger partial charge in [-0.3, -0.25) is 14.5 Å². The molecule has 3 atom stereocenters. The van der Waals surface area contributed by atoms with Gasteiger partial charge in [0, 0.05) is 50.1 Å². The number of carbonyl (C=O) groups excluding carboxylic acids is 2. The van der Waals surface area contributed by atoms with Gasteiger partial charge in [-0.1, -0.05) is 6.92 Å². The van der Waals surface area contributed by atoms with Crippen LogP contribution in [0.3, 0.4) is 0 Å². The Bertz CT molecular complexity index is 286. The third kappa shape index (κ3) is 3.73. The Morgan fingerprint density at radius 2 is 2.06 bits per heavy atom. The second kappa shape index (κ2) is 7.83. The van der Waals surface area contributed by atoms with E-state index in [4.69, 9.17) is 10.5 Å². The second-order valence-corrected chi connectivity index (χ2v) is 4.09. The summed E-state index contributed by atoms with van der Waals surface area (Å²) in [6.45, 7) is 4.28. The maximum absolute atomic E-state index is 11.6. The molecule has 6 heteroatoms. The molecule has 1 fully saturated rings. The quantitative estimate of drug-likeness (QED) is 0.592. The number of ether oxygens (including phenoxy) is 1. The fourth-order valence-corrected chi connectivity index (χ4v) is 2.51. The number of carbonyl (C=O) groups is 2. The number of likely N-dealkylation sites (tertiary alicyclic amines) is 1. The largest absolute Gasteiger partial charge is 0.676 e. The zero-order chi connectivity index (χ0) is 12.3. The van der Waals surface area contributed by atoms with E-state index in [1.54, 1.807) is 0 Å². The van der Waals surface area contributed by atoms with Crippen molar-refractivity contribution >= 4 is 11.8 Å². The zero-order valence-corrected chi connectivity index (χ0v) is 15.3. The van der Waals surface area contributed by atoms with Crippen LogP contribution < -0.4 is 0 Å². The Morgan fingerprint density at radius 3 is 2.41 bits per heavy atom. The maximum atomic E-state index is 11.6. The second-order valence-electron chi connectivity index (χ2n) is 4.09. The SMILES string of the molecule is CCN1[C@@H](C(C)=O)C[C@@H](C(=O)OC)[C@@H]1C[NH-].[Ac]. The smallest absolute Gasteiger partial charge is 0.310 e. The Labute approximate surface area is 138 Å². The molecule has 0 amide bonds. The molecular weight excluding hydrogens is 435 g/mol. The summed E-state index contributed by atoms with van der Waals surface area (Å²) in [5.74, 6) is -0.581. The fraction of sp³-hybridized carbons (Fsp3) is 0.818. The van der Waals surface area contributed by atoms with E-state index in [0.717, 1.165) is 0 Å². The number of ketones is 1. The van der Waals surface area contributed by atoms with Gasteiger partial charge >= 0.3 is 5.97 Å². The molecule has 5 nitrogen and oxygen atoms in total. The van der Waals surface area contributed by atoms with Crippen molar-refractivity contribution in [3.63, 3.8) is 0 Å². The molecular formula is C11H19AcN2O3-. The van der Waals surface area contributed by atoms with Crippen molar-refractivity contribution in [2.45, 2.75) is 32.4 Å². The van der Waals surface area contributed by atoms with E-state index >= 15 is 0 Å². The van der Waals surface area contributed by atoms with Gasteiger partial charge in [-0.2, -0.15) is 0 Å². The minimum atomic E-state index is -0.337. The molecule has 1 heterocycles. The van der Waals surface area contributed by atoms with Gasteiger partial charge in [0.15, 0.2) is 0 Å². The number of methoxy groups -OCH3 is 1. The van der Waals surface area contributed by atoms with E-state index in [9.17, 15) is 9.59 Å². The van der Waals surface area contributed by atoms with Crippen LogP contribution in [-0.4, -0.2) is 48.9 Å². The summed E-state index contributed by atoms with van der Waals surface area (Å²) in [5, 5.41) is 0. The Hall–Kier alpha value is 0.502. The van der Waals surface area contributed by atoms with E-state index in [2.05, 4.69) is 0 Å². The summed E-state index contributed by atoms with van der Waals surface area (Å²) in [6, 6.07) is -0.421. The molecule has 1 radical (unpaired) electrons. The summed E-state index contributed by atoms with van der Waals surface area (Å²) in [4.78, 5) is 25.0. The van der Waals surface area contributed by atoms with Crippen molar-refractivity contribution in [2.75, 3.05) is 20.2 Å². The van der Waals surface area contributed by atoms with Crippen LogP contribution in [0.2, 0.25) is 0 Å². The first-order chi connectivity index (χ1) is 7.56. The normalized spacial score (nSPS) is 28.6. The number of rotatable bonds is 4. The maximum Gasteiger partial charge on any atom is 0.310 e. The molecule has 0 aromatic heterocycles. The molecule has 95 valence electrons. The molecule has 1 N–H and O–H groups in total. The van der Waals surface area contributed by atoms with E-state index in [1.165, 1.54) is 14.0 Å². The van der Waals surface area contributed by atoms with Gasteiger partial charge in [0.1, 0.15) is 5.78 Å². The summed E-state index contributed by atoms with van der Waals surface area (Å²) in [5.41, 5.74) is 7.50. The van der Waals surface area contributed by atoms with E-state index in [0.29, 0.717) is 13.0 Å². The van der Waals surface area contributed by atoms with Gasteiger partial charge in [-0.05, 0) is 19.9 Å². The Kier molecular flexibility index (Phi) is 8.06. The summed E-state index contributed by atoms with van der Waals surface area (Å²) in [6.07, 6.45) is 0.486. The molecule has 0 unspecified atom stereocenters. The molecule has 0 aromatic carbocycles. The van der Waals surface area contributed by atoms with Crippen LogP contribution in [0.4, 0.5) is 0 Å². The van der Waals surface area contributed by atoms with Gasteiger partial charge in [0.2, 0.25) is 0 Å². The monoisotopic (exact) mass is 454 g/mol. The number of esters is 1. The third-order valence-corrected chi connectivity index (χ3v) is 3.32. The minimum absolute atomic E-state index is 0. The first-order valence-electron chi connectivity index (χ1n) is 5.55. The van der Waals surface area contributed by atoms with Crippen LogP contribution >= 0.6 is 0 Å². The molecule has 0 saturated carbocycles.